The number of fused-ring (bicyclic) bond motifs is 2. The molecule has 0 spiro atoms. The van der Waals surface area contributed by atoms with Gasteiger partial charge in [0.15, 0.2) is 0 Å². The van der Waals surface area contributed by atoms with E-state index in [-0.39, 0.29) is 24.0 Å². The summed E-state index contributed by atoms with van der Waals surface area (Å²) >= 11 is 6.27. The number of carbonyl (C=O) groups is 1. The highest BCUT2D eigenvalue weighted by molar-refractivity contribution is 6.31. The molecule has 0 unspecified atom stereocenters. The van der Waals surface area contributed by atoms with Gasteiger partial charge in [0.25, 0.3) is 5.56 Å². The van der Waals surface area contributed by atoms with E-state index >= 15 is 0 Å². The third-order valence-electron chi connectivity index (χ3n) is 6.35. The molecule has 3 aromatic carbocycles. The minimum absolute atomic E-state index is 0.111. The summed E-state index contributed by atoms with van der Waals surface area (Å²) in [7, 11) is 0. The van der Waals surface area contributed by atoms with Crippen molar-refractivity contribution in [3.8, 4) is 11.3 Å². The Morgan fingerprint density at radius 3 is 2.39 bits per heavy atom. The number of nitrogens with zero attached hydrogens (tertiary/aromatic N) is 3. The second kappa shape index (κ2) is 9.29. The van der Waals surface area contributed by atoms with Crippen LogP contribution in [0.1, 0.15) is 16.8 Å². The molecule has 0 fully saturated rings. The first-order valence-corrected chi connectivity index (χ1v) is 11.7. The molecular formula is C27H18ClF4N3O3. The van der Waals surface area contributed by atoms with Crippen molar-refractivity contribution in [3.63, 3.8) is 0 Å². The fourth-order valence-electron chi connectivity index (χ4n) is 4.68. The molecule has 2 aromatic heterocycles. The number of hydrogen-bond acceptors (Lipinski definition) is 3. The van der Waals surface area contributed by atoms with Gasteiger partial charge < -0.3 is 9.67 Å². The second-order valence-electron chi connectivity index (χ2n) is 8.77. The minimum Gasteiger partial charge on any atom is -0.480 e. The number of aromatic nitrogens is 3. The molecular weight excluding hydrogens is 526 g/mol. The van der Waals surface area contributed by atoms with Crippen LogP contribution in [-0.4, -0.2) is 25.4 Å². The molecule has 0 saturated heterocycles. The lowest BCUT2D eigenvalue weighted by Gasteiger charge is -2.13. The highest BCUT2D eigenvalue weighted by atomic mass is 35.5. The predicted octanol–water partition coefficient (Wildman–Crippen LogP) is 6.27. The molecule has 5 aromatic rings. The van der Waals surface area contributed by atoms with Crippen molar-refractivity contribution in [3.05, 3.63) is 98.7 Å². The lowest BCUT2D eigenvalue weighted by molar-refractivity contribution is -0.140. The maximum absolute atomic E-state index is 14.2. The van der Waals surface area contributed by atoms with Crippen LogP contribution in [0.3, 0.4) is 0 Å². The maximum atomic E-state index is 14.2. The first kappa shape index (κ1) is 25.5. The van der Waals surface area contributed by atoms with Gasteiger partial charge in [-0.15, -0.1) is 0 Å². The zero-order chi connectivity index (χ0) is 27.4. The van der Waals surface area contributed by atoms with E-state index < -0.39 is 29.1 Å². The third kappa shape index (κ3) is 4.41. The van der Waals surface area contributed by atoms with Gasteiger partial charge in [0, 0.05) is 32.6 Å². The van der Waals surface area contributed by atoms with Crippen LogP contribution >= 0.6 is 11.6 Å². The van der Waals surface area contributed by atoms with Crippen molar-refractivity contribution < 1.29 is 27.5 Å². The van der Waals surface area contributed by atoms with Gasteiger partial charge in [-0.25, -0.2) is 9.07 Å². The number of carboxylic acid groups (broad SMARTS) is 1. The second-order valence-corrected chi connectivity index (χ2v) is 9.21. The molecule has 0 bridgehead atoms. The van der Waals surface area contributed by atoms with E-state index in [1.807, 2.05) is 0 Å². The summed E-state index contributed by atoms with van der Waals surface area (Å²) in [6.45, 7) is 1.11. The first-order chi connectivity index (χ1) is 18.0. The zero-order valence-corrected chi connectivity index (χ0v) is 20.4. The molecule has 1 N–H and O–H groups in total. The summed E-state index contributed by atoms with van der Waals surface area (Å²) in [5.74, 6) is -2.51. The van der Waals surface area contributed by atoms with Gasteiger partial charge in [0.1, 0.15) is 18.1 Å². The highest BCUT2D eigenvalue weighted by Crippen LogP contribution is 2.38. The molecule has 194 valence electrons. The van der Waals surface area contributed by atoms with Crippen LogP contribution in [0.4, 0.5) is 17.6 Å². The Balaban J connectivity index is 1.76. The van der Waals surface area contributed by atoms with Gasteiger partial charge in [0.2, 0.25) is 0 Å². The van der Waals surface area contributed by atoms with Gasteiger partial charge in [-0.05, 0) is 48.9 Å². The number of carboxylic acids is 1. The van der Waals surface area contributed by atoms with E-state index in [1.54, 1.807) is 54.0 Å². The maximum Gasteiger partial charge on any atom is 0.419 e. The lowest BCUT2D eigenvalue weighted by atomic mass is 10.0. The average Bonchev–Trinajstić information content (AvgIpc) is 3.10. The highest BCUT2D eigenvalue weighted by Gasteiger charge is 2.34. The van der Waals surface area contributed by atoms with E-state index in [9.17, 15) is 32.3 Å². The summed E-state index contributed by atoms with van der Waals surface area (Å²) < 4.78 is 55.9. The molecule has 0 radical (unpaired) electrons. The fourth-order valence-corrected chi connectivity index (χ4v) is 4.85. The number of aliphatic carboxylic acids is 1. The number of rotatable bonds is 5. The van der Waals surface area contributed by atoms with E-state index in [2.05, 4.69) is 5.10 Å². The standard InChI is InChI=1S/C27H18ClF4N3O3/c1-14-24(19-11-16(28)7-9-22(19)34(14)13-23(36)37)25-17-4-2-3-5-18(17)26(38)35(33-25)12-15-6-8-20(21(29)10-15)27(30,31)32/h2-11H,12-13H2,1H3,(H,36,37). The molecule has 0 aliphatic heterocycles. The van der Waals surface area contributed by atoms with Crippen molar-refractivity contribution >= 4 is 39.2 Å². The van der Waals surface area contributed by atoms with Crippen LogP contribution in [0.25, 0.3) is 32.9 Å². The molecule has 0 amide bonds. The topological polar surface area (TPSA) is 77.1 Å². The Morgan fingerprint density at radius 2 is 1.74 bits per heavy atom. The molecule has 0 aliphatic carbocycles. The van der Waals surface area contributed by atoms with E-state index in [0.29, 0.717) is 44.3 Å². The van der Waals surface area contributed by atoms with Crippen LogP contribution < -0.4 is 5.56 Å². The van der Waals surface area contributed by atoms with Crippen LogP contribution in [0.5, 0.6) is 0 Å². The van der Waals surface area contributed by atoms with Gasteiger partial charge in [-0.3, -0.25) is 9.59 Å². The Kier molecular flexibility index (Phi) is 6.22. The van der Waals surface area contributed by atoms with Crippen molar-refractivity contribution in [2.45, 2.75) is 26.2 Å². The Hall–Kier alpha value is -4.18. The van der Waals surface area contributed by atoms with Crippen molar-refractivity contribution in [2.24, 2.45) is 0 Å². The summed E-state index contributed by atoms with van der Waals surface area (Å²) in [5.41, 5.74) is 0.244. The zero-order valence-electron chi connectivity index (χ0n) is 19.7. The summed E-state index contributed by atoms with van der Waals surface area (Å²) in [5, 5.41) is 15.8. The van der Waals surface area contributed by atoms with Crippen molar-refractivity contribution in [1.82, 2.24) is 14.3 Å². The first-order valence-electron chi connectivity index (χ1n) is 11.3. The quantitative estimate of drug-likeness (QED) is 0.265. The Labute approximate surface area is 217 Å². The molecule has 11 heteroatoms. The normalized spacial score (nSPS) is 11.9. The van der Waals surface area contributed by atoms with Crippen LogP contribution in [0, 0.1) is 12.7 Å². The molecule has 0 atom stereocenters. The monoisotopic (exact) mass is 543 g/mol. The number of alkyl halides is 3. The van der Waals surface area contributed by atoms with Crippen LogP contribution in [-0.2, 0) is 24.1 Å². The Morgan fingerprint density at radius 1 is 1.03 bits per heavy atom. The molecule has 0 saturated carbocycles. The van der Waals surface area contributed by atoms with Gasteiger partial charge in [0.05, 0.1) is 17.5 Å². The van der Waals surface area contributed by atoms with Gasteiger partial charge in [-0.1, -0.05) is 35.9 Å². The van der Waals surface area contributed by atoms with Gasteiger partial charge >= 0.3 is 12.1 Å². The predicted molar refractivity (Wildman–Crippen MR) is 135 cm³/mol. The SMILES string of the molecule is Cc1c(-c2nn(Cc3ccc(C(F)(F)F)c(F)c3)c(=O)c3ccccc23)c2cc(Cl)ccc2n1CC(=O)O. The van der Waals surface area contributed by atoms with E-state index in [0.717, 1.165) is 16.8 Å². The number of benzene rings is 3. The lowest BCUT2D eigenvalue weighted by Crippen LogP contribution is -2.24. The van der Waals surface area contributed by atoms with Crippen LogP contribution in [0.2, 0.25) is 5.02 Å². The third-order valence-corrected chi connectivity index (χ3v) is 6.59. The molecule has 0 aliphatic rings. The molecule has 38 heavy (non-hydrogen) atoms. The largest absolute Gasteiger partial charge is 0.480 e. The summed E-state index contributed by atoms with van der Waals surface area (Å²) in [4.78, 5) is 24.9. The average molecular weight is 544 g/mol. The van der Waals surface area contributed by atoms with E-state index in [4.69, 9.17) is 11.6 Å². The molecule has 5 rings (SSSR count). The number of hydrogen-bond donors (Lipinski definition) is 1. The van der Waals surface area contributed by atoms with Crippen molar-refractivity contribution in [1.29, 1.82) is 0 Å². The minimum atomic E-state index is -4.85. The molecule has 6 nitrogen and oxygen atoms in total. The smallest absolute Gasteiger partial charge is 0.419 e. The van der Waals surface area contributed by atoms with Crippen molar-refractivity contribution in [2.75, 3.05) is 0 Å². The van der Waals surface area contributed by atoms with E-state index in [1.165, 1.54) is 0 Å². The summed E-state index contributed by atoms with van der Waals surface area (Å²) in [6, 6.07) is 14.1. The van der Waals surface area contributed by atoms with Crippen LogP contribution in [0.15, 0.2) is 65.5 Å². The summed E-state index contributed by atoms with van der Waals surface area (Å²) in [6.07, 6.45) is -4.85. The molecule has 2 heterocycles. The fraction of sp³-hybridized carbons (Fsp3) is 0.148. The Bertz CT molecular complexity index is 1810. The van der Waals surface area contributed by atoms with Gasteiger partial charge in [-0.2, -0.15) is 18.3 Å². The number of halogens is 5.